The Morgan fingerprint density at radius 3 is 2.79 bits per heavy atom. The van der Waals surface area contributed by atoms with Gasteiger partial charge in [0.05, 0.1) is 4.47 Å². The van der Waals surface area contributed by atoms with Crippen molar-refractivity contribution in [1.82, 2.24) is 5.32 Å². The van der Waals surface area contributed by atoms with Crippen LogP contribution in [-0.4, -0.2) is 23.7 Å². The van der Waals surface area contributed by atoms with Gasteiger partial charge in [-0.15, -0.1) is 0 Å². The third-order valence-electron chi connectivity index (χ3n) is 2.70. The normalized spacial score (nSPS) is 12.2. The highest BCUT2D eigenvalue weighted by Crippen LogP contribution is 2.30. The summed E-state index contributed by atoms with van der Waals surface area (Å²) < 4.78 is 6.41. The van der Waals surface area contributed by atoms with Crippen LogP contribution in [-0.2, 0) is 11.3 Å². The van der Waals surface area contributed by atoms with Crippen molar-refractivity contribution in [3.63, 3.8) is 0 Å². The first-order valence-corrected chi connectivity index (χ1v) is 7.27. The monoisotopic (exact) mass is 329 g/mol. The number of ether oxygens (including phenoxy) is 1. The van der Waals surface area contributed by atoms with E-state index in [-0.39, 0.29) is 0 Å². The Balaban J connectivity index is 2.87. The lowest BCUT2D eigenvalue weighted by molar-refractivity contribution is -0.145. The Kier molecular flexibility index (Phi) is 6.87. The molecule has 1 atom stereocenters. The zero-order valence-electron chi connectivity index (χ0n) is 11.3. The van der Waals surface area contributed by atoms with Crippen molar-refractivity contribution < 1.29 is 14.6 Å². The summed E-state index contributed by atoms with van der Waals surface area (Å²) >= 11 is 3.42. The molecule has 0 spiro atoms. The van der Waals surface area contributed by atoms with E-state index in [1.54, 1.807) is 6.92 Å². The molecule has 1 unspecified atom stereocenters. The Labute approximate surface area is 122 Å². The number of hydrogen-bond donors (Lipinski definition) is 2. The Morgan fingerprint density at radius 1 is 1.47 bits per heavy atom. The van der Waals surface area contributed by atoms with Gasteiger partial charge in [0.15, 0.2) is 6.10 Å². The molecule has 0 saturated carbocycles. The highest BCUT2D eigenvalue weighted by molar-refractivity contribution is 9.10. The van der Waals surface area contributed by atoms with Crippen LogP contribution < -0.4 is 10.1 Å². The molecule has 0 aliphatic rings. The standard InChI is InChI=1S/C14H20BrNO3/c1-3-8-16-9-10-6-5-7-11(15)13(10)19-12(4-2)14(17)18/h5-7,12,16H,3-4,8-9H2,1-2H3,(H,17,18). The maximum Gasteiger partial charge on any atom is 0.344 e. The molecule has 0 heterocycles. The first kappa shape index (κ1) is 16.0. The third-order valence-corrected chi connectivity index (χ3v) is 3.32. The first-order chi connectivity index (χ1) is 9.10. The molecule has 4 nitrogen and oxygen atoms in total. The van der Waals surface area contributed by atoms with Crippen molar-refractivity contribution in [2.45, 2.75) is 39.3 Å². The van der Waals surface area contributed by atoms with Crippen molar-refractivity contribution in [1.29, 1.82) is 0 Å². The zero-order chi connectivity index (χ0) is 14.3. The van der Waals surface area contributed by atoms with Crippen LogP contribution in [0, 0.1) is 0 Å². The fraction of sp³-hybridized carbons (Fsp3) is 0.500. The smallest absolute Gasteiger partial charge is 0.344 e. The van der Waals surface area contributed by atoms with Crippen LogP contribution >= 0.6 is 15.9 Å². The summed E-state index contributed by atoms with van der Waals surface area (Å²) in [6.45, 7) is 5.48. The van der Waals surface area contributed by atoms with Gasteiger partial charge in [-0.2, -0.15) is 0 Å². The average molecular weight is 330 g/mol. The third kappa shape index (κ3) is 4.84. The Hall–Kier alpha value is -1.07. The molecule has 19 heavy (non-hydrogen) atoms. The number of para-hydroxylation sites is 1. The van der Waals surface area contributed by atoms with Crippen molar-refractivity contribution in [3.8, 4) is 5.75 Å². The van der Waals surface area contributed by atoms with E-state index in [0.717, 1.165) is 23.0 Å². The largest absolute Gasteiger partial charge is 0.479 e. The van der Waals surface area contributed by atoms with Crippen molar-refractivity contribution in [2.75, 3.05) is 6.54 Å². The molecular weight excluding hydrogens is 310 g/mol. The van der Waals surface area contributed by atoms with E-state index >= 15 is 0 Å². The van der Waals surface area contributed by atoms with Crippen LogP contribution in [0.3, 0.4) is 0 Å². The van der Waals surface area contributed by atoms with Crippen molar-refractivity contribution in [3.05, 3.63) is 28.2 Å². The van der Waals surface area contributed by atoms with Crippen LogP contribution in [0.5, 0.6) is 5.75 Å². The number of carbonyl (C=O) groups is 1. The molecule has 1 rings (SSSR count). The van der Waals surface area contributed by atoms with Gasteiger partial charge in [-0.25, -0.2) is 4.79 Å². The fourth-order valence-electron chi connectivity index (χ4n) is 1.68. The van der Waals surface area contributed by atoms with E-state index in [9.17, 15) is 4.79 Å². The van der Waals surface area contributed by atoms with Crippen LogP contribution in [0.2, 0.25) is 0 Å². The van der Waals surface area contributed by atoms with E-state index < -0.39 is 12.1 Å². The number of hydrogen-bond acceptors (Lipinski definition) is 3. The summed E-state index contributed by atoms with van der Waals surface area (Å²) in [4.78, 5) is 11.1. The molecule has 0 fully saturated rings. The molecule has 0 radical (unpaired) electrons. The molecule has 0 saturated heterocycles. The summed E-state index contributed by atoms with van der Waals surface area (Å²) in [7, 11) is 0. The van der Waals surface area contributed by atoms with Gasteiger partial charge in [0.25, 0.3) is 0 Å². The lowest BCUT2D eigenvalue weighted by atomic mass is 10.2. The number of carboxylic acid groups (broad SMARTS) is 1. The molecule has 1 aromatic rings. The minimum absolute atomic E-state index is 0.429. The van der Waals surface area contributed by atoms with E-state index in [1.165, 1.54) is 0 Å². The predicted octanol–water partition coefficient (Wildman–Crippen LogP) is 3.19. The molecule has 0 aliphatic heterocycles. The summed E-state index contributed by atoms with van der Waals surface area (Å²) in [5.74, 6) is -0.328. The molecule has 106 valence electrons. The van der Waals surface area contributed by atoms with Crippen molar-refractivity contribution >= 4 is 21.9 Å². The van der Waals surface area contributed by atoms with Gasteiger partial charge < -0.3 is 15.2 Å². The number of carboxylic acids is 1. The summed E-state index contributed by atoms with van der Waals surface area (Å²) in [6, 6.07) is 5.71. The fourth-order valence-corrected chi connectivity index (χ4v) is 2.18. The van der Waals surface area contributed by atoms with Crippen molar-refractivity contribution in [2.24, 2.45) is 0 Å². The molecule has 1 aromatic carbocycles. The highest BCUT2D eigenvalue weighted by atomic mass is 79.9. The zero-order valence-corrected chi connectivity index (χ0v) is 12.9. The number of aliphatic carboxylic acids is 1. The van der Waals surface area contributed by atoms with Gasteiger partial charge in [-0.05, 0) is 41.4 Å². The second-order valence-electron chi connectivity index (χ2n) is 4.26. The molecule has 0 amide bonds. The lowest BCUT2D eigenvalue weighted by Gasteiger charge is -2.18. The van der Waals surface area contributed by atoms with Gasteiger partial charge in [-0.1, -0.05) is 26.0 Å². The number of nitrogens with one attached hydrogen (secondary N) is 1. The highest BCUT2D eigenvalue weighted by Gasteiger charge is 2.19. The second kappa shape index (κ2) is 8.17. The van der Waals surface area contributed by atoms with Gasteiger partial charge in [0.2, 0.25) is 0 Å². The SMILES string of the molecule is CCCNCc1cccc(Br)c1OC(CC)C(=O)O. The Bertz CT molecular complexity index is 423. The van der Waals surface area contributed by atoms with Gasteiger partial charge in [0, 0.05) is 12.1 Å². The molecule has 0 bridgehead atoms. The van der Waals surface area contributed by atoms with E-state index in [2.05, 4.69) is 28.2 Å². The maximum absolute atomic E-state index is 11.1. The summed E-state index contributed by atoms with van der Waals surface area (Å²) in [5.41, 5.74) is 0.961. The van der Waals surface area contributed by atoms with Crippen LogP contribution in [0.4, 0.5) is 0 Å². The quantitative estimate of drug-likeness (QED) is 0.719. The number of benzene rings is 1. The summed E-state index contributed by atoms with van der Waals surface area (Å²) in [6.07, 6.45) is 0.665. The van der Waals surface area contributed by atoms with E-state index in [1.807, 2.05) is 18.2 Å². The molecule has 0 aliphatic carbocycles. The van der Waals surface area contributed by atoms with E-state index in [4.69, 9.17) is 9.84 Å². The lowest BCUT2D eigenvalue weighted by Crippen LogP contribution is -2.27. The molecule has 5 heteroatoms. The second-order valence-corrected chi connectivity index (χ2v) is 5.11. The average Bonchev–Trinajstić information content (AvgIpc) is 2.38. The number of rotatable bonds is 8. The van der Waals surface area contributed by atoms with Crippen LogP contribution in [0.1, 0.15) is 32.3 Å². The number of halogens is 1. The van der Waals surface area contributed by atoms with Gasteiger partial charge >= 0.3 is 5.97 Å². The molecule has 0 aromatic heterocycles. The topological polar surface area (TPSA) is 58.6 Å². The summed E-state index contributed by atoms with van der Waals surface area (Å²) in [5, 5.41) is 12.4. The van der Waals surface area contributed by atoms with Crippen LogP contribution in [0.15, 0.2) is 22.7 Å². The predicted molar refractivity (Wildman–Crippen MR) is 78.5 cm³/mol. The van der Waals surface area contributed by atoms with Gasteiger partial charge in [-0.3, -0.25) is 0 Å². The molecule has 2 N–H and O–H groups in total. The van der Waals surface area contributed by atoms with Crippen LogP contribution in [0.25, 0.3) is 0 Å². The maximum atomic E-state index is 11.1. The minimum atomic E-state index is -0.939. The molecular formula is C14H20BrNO3. The van der Waals surface area contributed by atoms with Gasteiger partial charge in [0.1, 0.15) is 5.75 Å². The first-order valence-electron chi connectivity index (χ1n) is 6.47. The Morgan fingerprint density at radius 2 is 2.21 bits per heavy atom. The minimum Gasteiger partial charge on any atom is -0.479 e. The van der Waals surface area contributed by atoms with E-state index in [0.29, 0.717) is 18.7 Å².